The lowest BCUT2D eigenvalue weighted by molar-refractivity contribution is 0.0979. The number of carbonyl (C=O) groups is 1. The van der Waals surface area contributed by atoms with E-state index >= 15 is 0 Å². The fourth-order valence-electron chi connectivity index (χ4n) is 3.12. The highest BCUT2D eigenvalue weighted by atomic mass is 32.1. The van der Waals surface area contributed by atoms with Crippen molar-refractivity contribution in [1.29, 1.82) is 0 Å². The molecule has 0 aliphatic carbocycles. The van der Waals surface area contributed by atoms with Crippen molar-refractivity contribution in [2.24, 2.45) is 0 Å². The van der Waals surface area contributed by atoms with Crippen LogP contribution in [-0.4, -0.2) is 11.0 Å². The minimum absolute atomic E-state index is 0.211. The molecule has 2 N–H and O–H groups in total. The zero-order valence-electron chi connectivity index (χ0n) is 14.5. The monoisotopic (exact) mass is 348 g/mol. The largest absolute Gasteiger partial charge is 0.332 e. The van der Waals surface area contributed by atoms with E-state index in [1.165, 1.54) is 5.56 Å². The third-order valence-corrected chi connectivity index (χ3v) is 4.38. The molecule has 0 fully saturated rings. The Hall–Kier alpha value is -2.72. The van der Waals surface area contributed by atoms with E-state index in [-0.39, 0.29) is 5.91 Å². The fraction of sp³-hybridized carbons (Fsp3) is 0.143. The SMILES string of the molecule is Cc1cc(C)c(NC(=S)NC(=O)c2cccc3ccccc23)c(C)c1. The first kappa shape index (κ1) is 17.1. The van der Waals surface area contributed by atoms with Gasteiger partial charge < -0.3 is 5.32 Å². The molecule has 0 aliphatic heterocycles. The zero-order valence-corrected chi connectivity index (χ0v) is 15.3. The predicted molar refractivity (Wildman–Crippen MR) is 108 cm³/mol. The summed E-state index contributed by atoms with van der Waals surface area (Å²) in [4.78, 5) is 12.6. The lowest BCUT2D eigenvalue weighted by Crippen LogP contribution is -2.34. The average Bonchev–Trinajstić information content (AvgIpc) is 2.57. The van der Waals surface area contributed by atoms with Gasteiger partial charge in [-0.1, -0.05) is 54.1 Å². The molecule has 0 aliphatic rings. The summed E-state index contributed by atoms with van der Waals surface area (Å²) in [6.07, 6.45) is 0. The van der Waals surface area contributed by atoms with E-state index in [9.17, 15) is 4.79 Å². The highest BCUT2D eigenvalue weighted by molar-refractivity contribution is 7.80. The average molecular weight is 348 g/mol. The second-order valence-electron chi connectivity index (χ2n) is 6.21. The summed E-state index contributed by atoms with van der Waals surface area (Å²) in [6.45, 7) is 6.11. The Labute approximate surface area is 153 Å². The van der Waals surface area contributed by atoms with E-state index in [1.54, 1.807) is 0 Å². The first-order chi connectivity index (χ1) is 12.0. The summed E-state index contributed by atoms with van der Waals surface area (Å²) >= 11 is 5.34. The Kier molecular flexibility index (Phi) is 4.81. The molecule has 25 heavy (non-hydrogen) atoms. The van der Waals surface area contributed by atoms with Crippen LogP contribution in [0.4, 0.5) is 5.69 Å². The van der Waals surface area contributed by atoms with Crippen molar-refractivity contribution in [3.63, 3.8) is 0 Å². The Morgan fingerprint density at radius 2 is 1.56 bits per heavy atom. The third kappa shape index (κ3) is 3.69. The maximum atomic E-state index is 12.6. The van der Waals surface area contributed by atoms with Gasteiger partial charge in [-0.15, -0.1) is 0 Å². The molecule has 0 aromatic heterocycles. The van der Waals surface area contributed by atoms with E-state index in [4.69, 9.17) is 12.2 Å². The molecule has 0 saturated heterocycles. The van der Waals surface area contributed by atoms with Crippen LogP contribution in [0, 0.1) is 20.8 Å². The zero-order chi connectivity index (χ0) is 18.0. The van der Waals surface area contributed by atoms with Gasteiger partial charge in [-0.2, -0.15) is 0 Å². The molecule has 0 heterocycles. The van der Waals surface area contributed by atoms with Gasteiger partial charge in [-0.3, -0.25) is 10.1 Å². The van der Waals surface area contributed by atoms with Gasteiger partial charge in [0, 0.05) is 11.3 Å². The summed E-state index contributed by atoms with van der Waals surface area (Å²) in [5, 5.41) is 8.18. The normalized spacial score (nSPS) is 10.5. The van der Waals surface area contributed by atoms with E-state index in [1.807, 2.05) is 56.3 Å². The highest BCUT2D eigenvalue weighted by Crippen LogP contribution is 2.22. The van der Waals surface area contributed by atoms with Crippen molar-refractivity contribution in [2.45, 2.75) is 20.8 Å². The van der Waals surface area contributed by atoms with Crippen molar-refractivity contribution in [3.8, 4) is 0 Å². The number of amides is 1. The number of benzene rings is 3. The molecule has 0 spiro atoms. The summed E-state index contributed by atoms with van der Waals surface area (Å²) in [6, 6.07) is 17.7. The predicted octanol–water partition coefficient (Wildman–Crippen LogP) is 4.89. The van der Waals surface area contributed by atoms with Crippen LogP contribution in [0.25, 0.3) is 10.8 Å². The second kappa shape index (κ2) is 7.03. The number of fused-ring (bicyclic) bond motifs is 1. The quantitative estimate of drug-likeness (QED) is 0.648. The molecular formula is C21H20N2OS. The van der Waals surface area contributed by atoms with Gasteiger partial charge in [-0.25, -0.2) is 0 Å². The van der Waals surface area contributed by atoms with E-state index in [2.05, 4.69) is 29.7 Å². The maximum Gasteiger partial charge on any atom is 0.258 e. The standard InChI is InChI=1S/C21H20N2OS/c1-13-11-14(2)19(15(3)12-13)22-21(25)23-20(24)18-10-6-8-16-7-4-5-9-17(16)18/h4-12H,1-3H3,(H2,22,23,24,25). The minimum atomic E-state index is -0.211. The van der Waals surface area contributed by atoms with Gasteiger partial charge >= 0.3 is 0 Å². The molecule has 126 valence electrons. The van der Waals surface area contributed by atoms with Gasteiger partial charge in [0.2, 0.25) is 0 Å². The lowest BCUT2D eigenvalue weighted by Gasteiger charge is -2.15. The molecule has 0 saturated carbocycles. The van der Waals surface area contributed by atoms with Gasteiger partial charge in [0.15, 0.2) is 5.11 Å². The molecule has 3 nitrogen and oxygen atoms in total. The van der Waals surface area contributed by atoms with Gasteiger partial charge in [-0.05, 0) is 61.0 Å². The van der Waals surface area contributed by atoms with Crippen molar-refractivity contribution in [2.75, 3.05) is 5.32 Å². The van der Waals surface area contributed by atoms with Crippen molar-refractivity contribution in [3.05, 3.63) is 76.9 Å². The van der Waals surface area contributed by atoms with Crippen LogP contribution in [0.2, 0.25) is 0 Å². The lowest BCUT2D eigenvalue weighted by atomic mass is 10.0. The number of aryl methyl sites for hydroxylation is 3. The van der Waals surface area contributed by atoms with Crippen LogP contribution in [0.15, 0.2) is 54.6 Å². The first-order valence-corrected chi connectivity index (χ1v) is 8.54. The number of carbonyl (C=O) groups excluding carboxylic acids is 1. The summed E-state index contributed by atoms with van der Waals surface area (Å²) in [5.74, 6) is -0.211. The smallest absolute Gasteiger partial charge is 0.258 e. The van der Waals surface area contributed by atoms with Crippen LogP contribution >= 0.6 is 12.2 Å². The van der Waals surface area contributed by atoms with Gasteiger partial charge in [0.25, 0.3) is 5.91 Å². The molecule has 0 radical (unpaired) electrons. The maximum absolute atomic E-state index is 12.6. The van der Waals surface area contributed by atoms with Crippen molar-refractivity contribution in [1.82, 2.24) is 5.32 Å². The summed E-state index contributed by atoms with van der Waals surface area (Å²) < 4.78 is 0. The van der Waals surface area contributed by atoms with Crippen molar-refractivity contribution < 1.29 is 4.79 Å². The summed E-state index contributed by atoms with van der Waals surface area (Å²) in [7, 11) is 0. The molecule has 3 aromatic carbocycles. The van der Waals surface area contributed by atoms with E-state index < -0.39 is 0 Å². The summed E-state index contributed by atoms with van der Waals surface area (Å²) in [5.41, 5.74) is 4.94. The van der Waals surface area contributed by atoms with E-state index in [0.717, 1.165) is 27.6 Å². The molecule has 3 rings (SSSR count). The molecular weight excluding hydrogens is 328 g/mol. The Morgan fingerprint density at radius 1 is 0.920 bits per heavy atom. The number of hydrogen-bond acceptors (Lipinski definition) is 2. The van der Waals surface area contributed by atoms with Gasteiger partial charge in [0.1, 0.15) is 0 Å². The second-order valence-corrected chi connectivity index (χ2v) is 6.62. The topological polar surface area (TPSA) is 41.1 Å². The van der Waals surface area contributed by atoms with Gasteiger partial charge in [0.05, 0.1) is 0 Å². The molecule has 0 atom stereocenters. The minimum Gasteiger partial charge on any atom is -0.332 e. The van der Waals surface area contributed by atoms with Crippen LogP contribution in [0.3, 0.4) is 0 Å². The molecule has 3 aromatic rings. The number of hydrogen-bond donors (Lipinski definition) is 2. The van der Waals surface area contributed by atoms with Crippen LogP contribution in [0.1, 0.15) is 27.0 Å². The van der Waals surface area contributed by atoms with Crippen molar-refractivity contribution >= 4 is 39.7 Å². The van der Waals surface area contributed by atoms with Crippen LogP contribution < -0.4 is 10.6 Å². The van der Waals surface area contributed by atoms with E-state index in [0.29, 0.717) is 10.7 Å². The Bertz CT molecular complexity index is 950. The molecule has 0 unspecified atom stereocenters. The molecule has 0 bridgehead atoms. The van der Waals surface area contributed by atoms with Crippen LogP contribution in [0.5, 0.6) is 0 Å². The Balaban J connectivity index is 1.80. The molecule has 1 amide bonds. The molecule has 4 heteroatoms. The number of rotatable bonds is 2. The van der Waals surface area contributed by atoms with Crippen LogP contribution in [-0.2, 0) is 0 Å². The third-order valence-electron chi connectivity index (χ3n) is 4.18. The Morgan fingerprint density at radius 3 is 2.28 bits per heavy atom. The highest BCUT2D eigenvalue weighted by Gasteiger charge is 2.12. The fourth-order valence-corrected chi connectivity index (χ4v) is 3.31. The number of nitrogens with one attached hydrogen (secondary N) is 2. The first-order valence-electron chi connectivity index (χ1n) is 8.13. The number of anilines is 1. The number of thiocarbonyl (C=S) groups is 1.